The predicted molar refractivity (Wildman–Crippen MR) is 71.1 cm³/mol. The second kappa shape index (κ2) is 4.75. The van der Waals surface area contributed by atoms with Crippen molar-refractivity contribution in [2.24, 2.45) is 0 Å². The Hall–Kier alpha value is -1.15. The average molecular weight is 286 g/mol. The molecule has 0 spiro atoms. The maximum Gasteiger partial charge on any atom is 0.243 e. The molecule has 1 heterocycles. The summed E-state index contributed by atoms with van der Waals surface area (Å²) < 4.78 is 26.1. The van der Waals surface area contributed by atoms with E-state index in [2.05, 4.69) is 0 Å². The van der Waals surface area contributed by atoms with Crippen molar-refractivity contribution < 1.29 is 18.6 Å². The first kappa shape index (κ1) is 14.3. The van der Waals surface area contributed by atoms with E-state index in [4.69, 9.17) is 5.73 Å². The van der Waals surface area contributed by atoms with Crippen molar-refractivity contribution in [1.29, 1.82) is 0 Å². The molecule has 4 N–H and O–H groups in total. The summed E-state index contributed by atoms with van der Waals surface area (Å²) in [6.45, 7) is 3.21. The lowest BCUT2D eigenvalue weighted by Crippen LogP contribution is -2.30. The molecule has 0 aromatic heterocycles. The molecule has 0 radical (unpaired) electrons. The van der Waals surface area contributed by atoms with Gasteiger partial charge in [-0.05, 0) is 37.1 Å². The molecule has 106 valence electrons. The molecule has 7 heteroatoms. The van der Waals surface area contributed by atoms with Crippen LogP contribution in [0.1, 0.15) is 11.1 Å². The van der Waals surface area contributed by atoms with E-state index in [9.17, 15) is 18.6 Å². The fourth-order valence-corrected chi connectivity index (χ4v) is 4.01. The molecule has 1 aliphatic rings. The van der Waals surface area contributed by atoms with E-state index < -0.39 is 22.2 Å². The van der Waals surface area contributed by atoms with Crippen molar-refractivity contribution in [3.8, 4) is 0 Å². The van der Waals surface area contributed by atoms with Crippen molar-refractivity contribution in [3.05, 3.63) is 23.3 Å². The minimum atomic E-state index is -3.75. The van der Waals surface area contributed by atoms with Gasteiger partial charge in [-0.1, -0.05) is 0 Å². The molecular weight excluding hydrogens is 268 g/mol. The summed E-state index contributed by atoms with van der Waals surface area (Å²) in [6.07, 6.45) is -2.09. The van der Waals surface area contributed by atoms with Gasteiger partial charge < -0.3 is 15.9 Å². The number of hydrogen-bond acceptors (Lipinski definition) is 5. The Morgan fingerprint density at radius 3 is 2.26 bits per heavy atom. The second-order valence-electron chi connectivity index (χ2n) is 4.93. The Morgan fingerprint density at radius 2 is 1.74 bits per heavy atom. The van der Waals surface area contributed by atoms with E-state index in [0.29, 0.717) is 11.3 Å². The number of nitrogens with zero attached hydrogens (tertiary/aromatic N) is 1. The number of anilines is 1. The van der Waals surface area contributed by atoms with Crippen LogP contribution in [0.5, 0.6) is 0 Å². The zero-order valence-corrected chi connectivity index (χ0v) is 11.7. The number of aliphatic hydroxyl groups is 2. The molecule has 19 heavy (non-hydrogen) atoms. The molecular formula is C12H18N2O4S. The van der Waals surface area contributed by atoms with Crippen LogP contribution >= 0.6 is 0 Å². The molecule has 1 aromatic carbocycles. The quantitative estimate of drug-likeness (QED) is 0.642. The first-order chi connectivity index (χ1) is 8.73. The number of aryl methyl sites for hydroxylation is 1. The van der Waals surface area contributed by atoms with Crippen molar-refractivity contribution in [3.63, 3.8) is 0 Å². The molecule has 0 amide bonds. The van der Waals surface area contributed by atoms with Crippen LogP contribution in [-0.2, 0) is 10.0 Å². The van der Waals surface area contributed by atoms with E-state index in [-0.39, 0.29) is 18.0 Å². The highest BCUT2D eigenvalue weighted by atomic mass is 32.2. The highest BCUT2D eigenvalue weighted by Gasteiger charge is 2.38. The van der Waals surface area contributed by atoms with Crippen molar-refractivity contribution in [2.45, 2.75) is 31.0 Å². The van der Waals surface area contributed by atoms with E-state index in [1.54, 1.807) is 26.0 Å². The average Bonchev–Trinajstić information content (AvgIpc) is 2.65. The molecule has 1 saturated heterocycles. The summed E-state index contributed by atoms with van der Waals surface area (Å²) >= 11 is 0. The summed E-state index contributed by atoms with van der Waals surface area (Å²) in [5.74, 6) is 0. The van der Waals surface area contributed by atoms with Crippen molar-refractivity contribution in [1.82, 2.24) is 4.31 Å². The second-order valence-corrected chi connectivity index (χ2v) is 6.84. The van der Waals surface area contributed by atoms with Crippen LogP contribution in [0, 0.1) is 13.8 Å². The molecule has 1 aliphatic heterocycles. The number of hydrogen-bond donors (Lipinski definition) is 3. The number of β-amino-alcohol motifs (C(OH)–C–C–N with tert-alkyl or cyclic N) is 2. The van der Waals surface area contributed by atoms with E-state index in [0.717, 1.165) is 9.87 Å². The van der Waals surface area contributed by atoms with Crippen molar-refractivity contribution in [2.75, 3.05) is 18.8 Å². The lowest BCUT2D eigenvalue weighted by atomic mass is 10.1. The van der Waals surface area contributed by atoms with E-state index in [1.165, 1.54) is 0 Å². The maximum atomic E-state index is 12.5. The van der Waals surface area contributed by atoms with Gasteiger partial charge in [0.05, 0.1) is 17.1 Å². The van der Waals surface area contributed by atoms with E-state index >= 15 is 0 Å². The number of sulfonamides is 1. The number of aliphatic hydroxyl groups excluding tert-OH is 2. The molecule has 6 nitrogen and oxygen atoms in total. The zero-order chi connectivity index (χ0) is 14.4. The maximum absolute atomic E-state index is 12.5. The van der Waals surface area contributed by atoms with Crippen molar-refractivity contribution >= 4 is 15.7 Å². The molecule has 2 unspecified atom stereocenters. The third-order valence-electron chi connectivity index (χ3n) is 3.39. The number of benzene rings is 1. The first-order valence-electron chi connectivity index (χ1n) is 5.96. The van der Waals surface area contributed by atoms with Crippen LogP contribution in [0.4, 0.5) is 5.69 Å². The van der Waals surface area contributed by atoms with E-state index in [1.807, 2.05) is 0 Å². The van der Waals surface area contributed by atoms with Crippen LogP contribution in [-0.4, -0.2) is 48.2 Å². The summed E-state index contributed by atoms with van der Waals surface area (Å²) in [5.41, 5.74) is 7.44. The molecule has 2 rings (SSSR count). The topological polar surface area (TPSA) is 104 Å². The standard InChI is InChI=1S/C12H18N2O4S/c1-7-3-9(13)8(2)12(4-7)19(17,18)14-5-10(15)11(16)6-14/h3-4,10-11,15-16H,5-6,13H2,1-2H3. The fraction of sp³-hybridized carbons (Fsp3) is 0.500. The minimum absolute atomic E-state index is 0.100. The highest BCUT2D eigenvalue weighted by molar-refractivity contribution is 7.89. The molecule has 2 atom stereocenters. The van der Waals surface area contributed by atoms with Gasteiger partial charge in [-0.3, -0.25) is 0 Å². The summed E-state index contributed by atoms with van der Waals surface area (Å²) in [7, 11) is -3.75. The van der Waals surface area contributed by atoms with Gasteiger partial charge in [0.25, 0.3) is 0 Å². The fourth-order valence-electron chi connectivity index (χ4n) is 2.19. The number of rotatable bonds is 2. The third kappa shape index (κ3) is 2.46. The summed E-state index contributed by atoms with van der Waals surface area (Å²) in [4.78, 5) is 0.131. The Balaban J connectivity index is 2.46. The lowest BCUT2D eigenvalue weighted by molar-refractivity contribution is 0.0572. The van der Waals surface area contributed by atoms with Crippen LogP contribution in [0.25, 0.3) is 0 Å². The molecule has 0 aliphatic carbocycles. The third-order valence-corrected chi connectivity index (χ3v) is 5.35. The smallest absolute Gasteiger partial charge is 0.243 e. The number of nitrogens with two attached hydrogens (primary N) is 1. The van der Waals surface area contributed by atoms with Gasteiger partial charge in [-0.2, -0.15) is 4.31 Å². The molecule has 1 aromatic rings. The van der Waals surface area contributed by atoms with Gasteiger partial charge in [0.1, 0.15) is 0 Å². The van der Waals surface area contributed by atoms with Crippen LogP contribution < -0.4 is 5.73 Å². The molecule has 0 saturated carbocycles. The summed E-state index contributed by atoms with van der Waals surface area (Å²) in [5, 5.41) is 19.0. The predicted octanol–water partition coefficient (Wildman–Crippen LogP) is -0.388. The lowest BCUT2D eigenvalue weighted by Gasteiger charge is -2.18. The zero-order valence-electron chi connectivity index (χ0n) is 10.9. The van der Waals surface area contributed by atoms with Gasteiger partial charge in [0.2, 0.25) is 10.0 Å². The first-order valence-corrected chi connectivity index (χ1v) is 7.40. The normalized spacial score (nSPS) is 24.8. The Bertz CT molecular complexity index is 590. The van der Waals surface area contributed by atoms with Gasteiger partial charge in [-0.15, -0.1) is 0 Å². The van der Waals surface area contributed by atoms with Gasteiger partial charge in [0.15, 0.2) is 0 Å². The monoisotopic (exact) mass is 286 g/mol. The Labute approximate surface area is 112 Å². The largest absolute Gasteiger partial charge is 0.398 e. The van der Waals surface area contributed by atoms with Gasteiger partial charge in [-0.25, -0.2) is 8.42 Å². The van der Waals surface area contributed by atoms with Crippen LogP contribution in [0.3, 0.4) is 0 Å². The molecule has 1 fully saturated rings. The van der Waals surface area contributed by atoms with Gasteiger partial charge in [0, 0.05) is 18.8 Å². The SMILES string of the molecule is Cc1cc(N)c(C)c(S(=O)(=O)N2CC(O)C(O)C2)c1. The number of nitrogen functional groups attached to an aromatic ring is 1. The summed E-state index contributed by atoms with van der Waals surface area (Å²) in [6, 6.07) is 3.26. The Morgan fingerprint density at radius 1 is 1.21 bits per heavy atom. The van der Waals surface area contributed by atoms with Crippen LogP contribution in [0.15, 0.2) is 17.0 Å². The highest BCUT2D eigenvalue weighted by Crippen LogP contribution is 2.28. The molecule has 0 bridgehead atoms. The minimum Gasteiger partial charge on any atom is -0.398 e. The van der Waals surface area contributed by atoms with Crippen LogP contribution in [0.2, 0.25) is 0 Å². The Kier molecular flexibility index (Phi) is 3.57. The van der Waals surface area contributed by atoms with Gasteiger partial charge >= 0.3 is 0 Å².